The minimum Gasteiger partial charge on any atom is -0.479 e. The van der Waals surface area contributed by atoms with Gasteiger partial charge in [0, 0.05) is 7.11 Å². The van der Waals surface area contributed by atoms with Crippen LogP contribution in [0.5, 0.6) is 0 Å². The lowest BCUT2D eigenvalue weighted by molar-refractivity contribution is -0.148. The fraction of sp³-hybridized carbons (Fsp3) is 0.333. The molecule has 2 N–H and O–H groups in total. The number of aromatic nitrogens is 2. The van der Waals surface area contributed by atoms with E-state index < -0.39 is 18.0 Å². The summed E-state index contributed by atoms with van der Waals surface area (Å²) in [7, 11) is 1.24. The molecule has 0 saturated carbocycles. The van der Waals surface area contributed by atoms with Gasteiger partial charge in [-0.2, -0.15) is 0 Å². The molecule has 8 heteroatoms. The quantitative estimate of drug-likeness (QED) is 0.769. The van der Waals surface area contributed by atoms with Crippen LogP contribution >= 0.6 is 11.6 Å². The molecular weight excluding hydrogens is 250 g/mol. The fourth-order valence-corrected chi connectivity index (χ4v) is 1.15. The predicted molar refractivity (Wildman–Crippen MR) is 57.8 cm³/mol. The van der Waals surface area contributed by atoms with E-state index in [0.29, 0.717) is 0 Å². The molecule has 0 aliphatic carbocycles. The predicted octanol–water partition coefficient (Wildman–Crippen LogP) is -0.0406. The number of carbonyl (C=O) groups excluding carboxylic acids is 1. The Morgan fingerprint density at radius 3 is 2.82 bits per heavy atom. The van der Waals surface area contributed by atoms with Gasteiger partial charge in [-0.3, -0.25) is 9.78 Å². The van der Waals surface area contributed by atoms with E-state index in [1.54, 1.807) is 0 Å². The molecule has 1 heterocycles. The van der Waals surface area contributed by atoms with Crippen LogP contribution in [0.15, 0.2) is 12.4 Å². The minimum atomic E-state index is -1.16. The van der Waals surface area contributed by atoms with Gasteiger partial charge in [-0.05, 0) is 0 Å². The molecule has 0 spiro atoms. The minimum absolute atomic E-state index is 0.0118. The third-order valence-electron chi connectivity index (χ3n) is 1.85. The monoisotopic (exact) mass is 259 g/mol. The SMILES string of the molecule is COC(CNC(=O)c1cncc(Cl)n1)C(=O)O. The number of rotatable bonds is 5. The van der Waals surface area contributed by atoms with Crippen LogP contribution in [0.3, 0.4) is 0 Å². The topological polar surface area (TPSA) is 101 Å². The van der Waals surface area contributed by atoms with E-state index in [0.717, 1.165) is 0 Å². The van der Waals surface area contributed by atoms with E-state index in [2.05, 4.69) is 20.0 Å². The van der Waals surface area contributed by atoms with Gasteiger partial charge < -0.3 is 15.2 Å². The van der Waals surface area contributed by atoms with Gasteiger partial charge in [0.2, 0.25) is 0 Å². The van der Waals surface area contributed by atoms with Crippen molar-refractivity contribution in [3.63, 3.8) is 0 Å². The van der Waals surface area contributed by atoms with Crippen LogP contribution in [0, 0.1) is 0 Å². The lowest BCUT2D eigenvalue weighted by atomic mass is 10.3. The second kappa shape index (κ2) is 6.12. The lowest BCUT2D eigenvalue weighted by Gasteiger charge is -2.10. The molecule has 0 radical (unpaired) electrons. The zero-order valence-corrected chi connectivity index (χ0v) is 9.64. The van der Waals surface area contributed by atoms with Gasteiger partial charge in [0.15, 0.2) is 6.10 Å². The molecule has 1 unspecified atom stereocenters. The first-order valence-corrected chi connectivity index (χ1v) is 4.93. The van der Waals surface area contributed by atoms with Crippen molar-refractivity contribution in [1.82, 2.24) is 15.3 Å². The zero-order valence-electron chi connectivity index (χ0n) is 8.88. The zero-order chi connectivity index (χ0) is 12.8. The molecule has 0 saturated heterocycles. The van der Waals surface area contributed by atoms with Crippen molar-refractivity contribution in [2.24, 2.45) is 0 Å². The van der Waals surface area contributed by atoms with Crippen LogP contribution in [0.4, 0.5) is 0 Å². The first-order chi connectivity index (χ1) is 8.04. The Hall–Kier alpha value is -1.73. The Labute approximate surface area is 102 Å². The summed E-state index contributed by atoms with van der Waals surface area (Å²) in [5, 5.41) is 11.1. The van der Waals surface area contributed by atoms with Crippen molar-refractivity contribution in [2.45, 2.75) is 6.10 Å². The maximum atomic E-state index is 11.5. The number of carboxylic acids is 1. The summed E-state index contributed by atoms with van der Waals surface area (Å²) in [6.07, 6.45) is 1.41. The van der Waals surface area contributed by atoms with Gasteiger partial charge in [-0.1, -0.05) is 11.6 Å². The maximum absolute atomic E-state index is 11.5. The number of hydrogen-bond acceptors (Lipinski definition) is 5. The van der Waals surface area contributed by atoms with E-state index in [9.17, 15) is 9.59 Å². The van der Waals surface area contributed by atoms with Crippen LogP contribution in [0.1, 0.15) is 10.5 Å². The first-order valence-electron chi connectivity index (χ1n) is 4.56. The van der Waals surface area contributed by atoms with E-state index in [-0.39, 0.29) is 17.4 Å². The molecule has 1 atom stereocenters. The number of hydrogen-bond donors (Lipinski definition) is 2. The Morgan fingerprint density at radius 2 is 2.29 bits per heavy atom. The van der Waals surface area contributed by atoms with Crippen molar-refractivity contribution in [3.05, 3.63) is 23.2 Å². The van der Waals surface area contributed by atoms with E-state index in [4.69, 9.17) is 16.7 Å². The lowest BCUT2D eigenvalue weighted by Crippen LogP contribution is -2.38. The Balaban J connectivity index is 2.58. The highest BCUT2D eigenvalue weighted by Crippen LogP contribution is 2.02. The van der Waals surface area contributed by atoms with Gasteiger partial charge in [0.05, 0.1) is 18.9 Å². The Bertz CT molecular complexity index is 426. The number of amides is 1. The molecule has 0 aliphatic rings. The summed E-state index contributed by atoms with van der Waals surface area (Å²) in [4.78, 5) is 29.5. The number of aliphatic carboxylic acids is 1. The van der Waals surface area contributed by atoms with E-state index in [1.165, 1.54) is 19.5 Å². The third kappa shape index (κ3) is 3.97. The van der Waals surface area contributed by atoms with Crippen molar-refractivity contribution in [1.29, 1.82) is 0 Å². The van der Waals surface area contributed by atoms with Crippen LogP contribution in [-0.4, -0.2) is 46.7 Å². The molecule has 0 fully saturated rings. The van der Waals surface area contributed by atoms with E-state index >= 15 is 0 Å². The highest BCUT2D eigenvalue weighted by molar-refractivity contribution is 6.29. The highest BCUT2D eigenvalue weighted by Gasteiger charge is 2.18. The summed E-state index contributed by atoms with van der Waals surface area (Å²) >= 11 is 5.56. The number of ether oxygens (including phenoxy) is 1. The van der Waals surface area contributed by atoms with Crippen molar-refractivity contribution >= 4 is 23.5 Å². The summed E-state index contributed by atoms with van der Waals surface area (Å²) in [6.45, 7) is -0.168. The van der Waals surface area contributed by atoms with Crippen LogP contribution in [-0.2, 0) is 9.53 Å². The Morgan fingerprint density at radius 1 is 1.59 bits per heavy atom. The molecule has 0 aromatic carbocycles. The van der Waals surface area contributed by atoms with Crippen LogP contribution in [0.25, 0.3) is 0 Å². The number of nitrogens with zero attached hydrogens (tertiary/aromatic N) is 2. The van der Waals surface area contributed by atoms with Gasteiger partial charge in [-0.15, -0.1) is 0 Å². The summed E-state index contributed by atoms with van der Waals surface area (Å²) in [5.74, 6) is -1.73. The molecule has 0 aliphatic heterocycles. The van der Waals surface area contributed by atoms with Crippen molar-refractivity contribution in [2.75, 3.05) is 13.7 Å². The van der Waals surface area contributed by atoms with Gasteiger partial charge in [-0.25, -0.2) is 9.78 Å². The van der Waals surface area contributed by atoms with Gasteiger partial charge >= 0.3 is 5.97 Å². The second-order valence-corrected chi connectivity index (χ2v) is 3.39. The fourth-order valence-electron chi connectivity index (χ4n) is 0.999. The van der Waals surface area contributed by atoms with Crippen molar-refractivity contribution < 1.29 is 19.4 Å². The normalized spacial score (nSPS) is 11.9. The number of carboxylic acid groups (broad SMARTS) is 1. The second-order valence-electron chi connectivity index (χ2n) is 3.00. The molecular formula is C9H10ClN3O4. The summed E-state index contributed by atoms with van der Waals surface area (Å²) in [5.41, 5.74) is 0.0118. The molecule has 0 bridgehead atoms. The van der Waals surface area contributed by atoms with Crippen LogP contribution in [0.2, 0.25) is 5.15 Å². The van der Waals surface area contributed by atoms with Crippen molar-refractivity contribution in [3.8, 4) is 0 Å². The maximum Gasteiger partial charge on any atom is 0.334 e. The molecule has 1 rings (SSSR count). The number of methoxy groups -OCH3 is 1. The molecule has 1 aromatic heterocycles. The number of halogens is 1. The van der Waals surface area contributed by atoms with E-state index in [1.807, 2.05) is 0 Å². The van der Waals surface area contributed by atoms with Crippen LogP contribution < -0.4 is 5.32 Å². The smallest absolute Gasteiger partial charge is 0.334 e. The molecule has 1 aromatic rings. The standard InChI is InChI=1S/C9H10ClN3O4/c1-17-6(9(15)16)3-12-8(14)5-2-11-4-7(10)13-5/h2,4,6H,3H2,1H3,(H,12,14)(H,15,16). The molecule has 17 heavy (non-hydrogen) atoms. The molecule has 1 amide bonds. The Kier molecular flexibility index (Phi) is 4.80. The first kappa shape index (κ1) is 13.3. The van der Waals surface area contributed by atoms with Gasteiger partial charge in [0.25, 0.3) is 5.91 Å². The van der Waals surface area contributed by atoms with Gasteiger partial charge in [0.1, 0.15) is 10.8 Å². The average molecular weight is 260 g/mol. The third-order valence-corrected chi connectivity index (χ3v) is 2.03. The number of carbonyl (C=O) groups is 2. The number of nitrogens with one attached hydrogen (secondary N) is 1. The summed E-state index contributed by atoms with van der Waals surface area (Å²) < 4.78 is 4.65. The summed E-state index contributed by atoms with van der Waals surface area (Å²) in [6, 6.07) is 0. The molecule has 7 nitrogen and oxygen atoms in total. The molecule has 92 valence electrons. The highest BCUT2D eigenvalue weighted by atomic mass is 35.5. The average Bonchev–Trinajstić information content (AvgIpc) is 2.29. The largest absolute Gasteiger partial charge is 0.479 e.